The average molecular weight is 247 g/mol. The second kappa shape index (κ2) is 5.18. The Hall–Kier alpha value is -1.88. The second-order valence-electron chi connectivity index (χ2n) is 4.42. The van der Waals surface area contributed by atoms with Crippen molar-refractivity contribution in [2.45, 2.75) is 32.2 Å². The van der Waals surface area contributed by atoms with Gasteiger partial charge >= 0.3 is 0 Å². The molecule has 0 unspecified atom stereocenters. The van der Waals surface area contributed by atoms with E-state index >= 15 is 0 Å². The van der Waals surface area contributed by atoms with E-state index in [9.17, 15) is 9.59 Å². The number of fused-ring (bicyclic) bond motifs is 1. The van der Waals surface area contributed by atoms with Crippen LogP contribution in [-0.4, -0.2) is 17.9 Å². The van der Waals surface area contributed by atoms with Crippen molar-refractivity contribution >= 4 is 23.2 Å². The second-order valence-corrected chi connectivity index (χ2v) is 4.42. The number of hydrogen-bond acceptors (Lipinski definition) is 3. The molecule has 0 radical (unpaired) electrons. The van der Waals surface area contributed by atoms with Gasteiger partial charge in [-0.25, -0.2) is 0 Å². The Morgan fingerprint density at radius 1 is 1.50 bits per heavy atom. The van der Waals surface area contributed by atoms with Gasteiger partial charge in [0.05, 0.1) is 6.04 Å². The molecule has 18 heavy (non-hydrogen) atoms. The van der Waals surface area contributed by atoms with Gasteiger partial charge < -0.3 is 16.4 Å². The number of nitrogens with one attached hydrogen (secondary N) is 2. The predicted octanol–water partition coefficient (Wildman–Crippen LogP) is 1.25. The summed E-state index contributed by atoms with van der Waals surface area (Å²) >= 11 is 0. The van der Waals surface area contributed by atoms with Gasteiger partial charge in [0.1, 0.15) is 0 Å². The van der Waals surface area contributed by atoms with E-state index in [0.29, 0.717) is 19.3 Å². The van der Waals surface area contributed by atoms with Crippen molar-refractivity contribution in [3.8, 4) is 0 Å². The molecule has 2 amide bonds. The maximum absolute atomic E-state index is 11.7. The molecule has 1 aromatic carbocycles. The Bertz CT molecular complexity index is 485. The van der Waals surface area contributed by atoms with E-state index in [-0.39, 0.29) is 11.8 Å². The summed E-state index contributed by atoms with van der Waals surface area (Å²) in [4.78, 5) is 22.9. The summed E-state index contributed by atoms with van der Waals surface area (Å²) in [5.74, 6) is -0.149. The van der Waals surface area contributed by atoms with E-state index in [0.717, 1.165) is 16.9 Å². The maximum atomic E-state index is 11.7. The highest BCUT2D eigenvalue weighted by molar-refractivity contribution is 5.97. The van der Waals surface area contributed by atoms with E-state index < -0.39 is 6.04 Å². The van der Waals surface area contributed by atoms with Crippen molar-refractivity contribution < 1.29 is 9.59 Å². The van der Waals surface area contributed by atoms with Gasteiger partial charge in [0, 0.05) is 17.8 Å². The summed E-state index contributed by atoms with van der Waals surface area (Å²) in [5.41, 5.74) is 8.23. The molecule has 1 aliphatic heterocycles. The third-order valence-corrected chi connectivity index (χ3v) is 3.04. The zero-order valence-electron chi connectivity index (χ0n) is 10.3. The first-order chi connectivity index (χ1) is 8.60. The third kappa shape index (κ3) is 2.68. The van der Waals surface area contributed by atoms with E-state index in [1.54, 1.807) is 12.1 Å². The van der Waals surface area contributed by atoms with Crippen LogP contribution in [0.15, 0.2) is 18.2 Å². The number of aryl methyl sites for hydroxylation is 1. The number of carbonyl (C=O) groups excluding carboxylic acids is 2. The molecule has 5 heteroatoms. The lowest BCUT2D eigenvalue weighted by molar-refractivity contribution is -0.117. The molecule has 1 aliphatic rings. The Balaban J connectivity index is 2.12. The average Bonchev–Trinajstić information content (AvgIpc) is 2.38. The van der Waals surface area contributed by atoms with Crippen molar-refractivity contribution in [1.29, 1.82) is 0 Å². The standard InChI is InChI=1S/C13H17N3O2/c1-2-10(14)13(18)15-9-4-5-11-8(7-9)3-6-12(17)16-11/h4-5,7,10H,2-3,6,14H2,1H3,(H,15,18)(H,16,17)/t10-/m1/s1. The minimum atomic E-state index is -0.485. The summed E-state index contributed by atoms with van der Waals surface area (Å²) in [5, 5.41) is 5.58. The van der Waals surface area contributed by atoms with Crippen LogP contribution in [0, 0.1) is 0 Å². The Morgan fingerprint density at radius 3 is 3.00 bits per heavy atom. The molecule has 1 heterocycles. The van der Waals surface area contributed by atoms with Gasteiger partial charge in [-0.3, -0.25) is 9.59 Å². The van der Waals surface area contributed by atoms with Crippen LogP contribution in [0.1, 0.15) is 25.3 Å². The van der Waals surface area contributed by atoms with Crippen LogP contribution in [-0.2, 0) is 16.0 Å². The van der Waals surface area contributed by atoms with Crippen LogP contribution in [0.3, 0.4) is 0 Å². The number of anilines is 2. The molecule has 0 bridgehead atoms. The van der Waals surface area contributed by atoms with Crippen LogP contribution >= 0.6 is 0 Å². The highest BCUT2D eigenvalue weighted by Crippen LogP contribution is 2.25. The molecule has 1 aromatic rings. The van der Waals surface area contributed by atoms with Crippen LogP contribution in [0.4, 0.5) is 11.4 Å². The minimum Gasteiger partial charge on any atom is -0.326 e. The predicted molar refractivity (Wildman–Crippen MR) is 70.3 cm³/mol. The number of benzene rings is 1. The fourth-order valence-corrected chi connectivity index (χ4v) is 1.88. The summed E-state index contributed by atoms with van der Waals surface area (Å²) in [6.07, 6.45) is 1.79. The molecule has 1 atom stereocenters. The van der Waals surface area contributed by atoms with Gasteiger partial charge in [0.15, 0.2) is 0 Å². The van der Waals surface area contributed by atoms with Gasteiger partial charge in [-0.1, -0.05) is 6.92 Å². The molecule has 0 aliphatic carbocycles. The van der Waals surface area contributed by atoms with Crippen LogP contribution in [0.5, 0.6) is 0 Å². The molecule has 96 valence electrons. The number of nitrogens with two attached hydrogens (primary N) is 1. The Morgan fingerprint density at radius 2 is 2.28 bits per heavy atom. The van der Waals surface area contributed by atoms with Gasteiger partial charge in [0.2, 0.25) is 11.8 Å². The minimum absolute atomic E-state index is 0.0345. The van der Waals surface area contributed by atoms with Crippen molar-refractivity contribution in [3.63, 3.8) is 0 Å². The lowest BCUT2D eigenvalue weighted by atomic mass is 10.0. The highest BCUT2D eigenvalue weighted by Gasteiger charge is 2.16. The topological polar surface area (TPSA) is 84.2 Å². The number of hydrogen-bond donors (Lipinski definition) is 3. The molecule has 0 spiro atoms. The molecule has 0 saturated carbocycles. The van der Waals surface area contributed by atoms with Crippen molar-refractivity contribution in [3.05, 3.63) is 23.8 Å². The maximum Gasteiger partial charge on any atom is 0.241 e. The number of rotatable bonds is 3. The summed E-state index contributed by atoms with van der Waals surface area (Å²) in [6.45, 7) is 1.87. The van der Waals surface area contributed by atoms with Gasteiger partial charge in [-0.15, -0.1) is 0 Å². The Kier molecular flexibility index (Phi) is 3.62. The van der Waals surface area contributed by atoms with Crippen molar-refractivity contribution in [2.75, 3.05) is 10.6 Å². The quantitative estimate of drug-likeness (QED) is 0.751. The van der Waals surface area contributed by atoms with Gasteiger partial charge in [0.25, 0.3) is 0 Å². The smallest absolute Gasteiger partial charge is 0.241 e. The largest absolute Gasteiger partial charge is 0.326 e. The Labute approximate surface area is 106 Å². The van der Waals surface area contributed by atoms with Gasteiger partial charge in [-0.05, 0) is 36.6 Å². The zero-order valence-corrected chi connectivity index (χ0v) is 10.3. The summed E-state index contributed by atoms with van der Waals surface area (Å²) in [6, 6.07) is 4.97. The van der Waals surface area contributed by atoms with Crippen molar-refractivity contribution in [1.82, 2.24) is 0 Å². The van der Waals surface area contributed by atoms with Crippen LogP contribution in [0.2, 0.25) is 0 Å². The van der Waals surface area contributed by atoms with E-state index in [2.05, 4.69) is 10.6 Å². The van der Waals surface area contributed by atoms with Crippen molar-refractivity contribution in [2.24, 2.45) is 5.73 Å². The fourth-order valence-electron chi connectivity index (χ4n) is 1.88. The third-order valence-electron chi connectivity index (χ3n) is 3.04. The number of carbonyl (C=O) groups is 2. The lowest BCUT2D eigenvalue weighted by Gasteiger charge is -2.18. The first-order valence-corrected chi connectivity index (χ1v) is 6.09. The molecular weight excluding hydrogens is 230 g/mol. The summed E-state index contributed by atoms with van der Waals surface area (Å²) in [7, 11) is 0. The molecule has 0 saturated heterocycles. The molecule has 0 aromatic heterocycles. The molecule has 0 fully saturated rings. The van der Waals surface area contributed by atoms with Crippen LogP contribution < -0.4 is 16.4 Å². The molecule has 5 nitrogen and oxygen atoms in total. The SMILES string of the molecule is CC[C@@H](N)C(=O)Nc1ccc2c(c1)CCC(=O)N2. The lowest BCUT2D eigenvalue weighted by Crippen LogP contribution is -2.34. The van der Waals surface area contributed by atoms with Crippen LogP contribution in [0.25, 0.3) is 0 Å². The normalized spacial score (nSPS) is 15.6. The zero-order chi connectivity index (χ0) is 13.1. The molecule has 4 N–H and O–H groups in total. The fraction of sp³-hybridized carbons (Fsp3) is 0.385. The van der Waals surface area contributed by atoms with E-state index in [1.807, 2.05) is 13.0 Å². The number of amides is 2. The summed E-state index contributed by atoms with van der Waals surface area (Å²) < 4.78 is 0. The van der Waals surface area contributed by atoms with E-state index in [4.69, 9.17) is 5.73 Å². The van der Waals surface area contributed by atoms with Gasteiger partial charge in [-0.2, -0.15) is 0 Å². The molecular formula is C13H17N3O2. The highest BCUT2D eigenvalue weighted by atomic mass is 16.2. The molecule has 2 rings (SSSR count). The van der Waals surface area contributed by atoms with E-state index in [1.165, 1.54) is 0 Å². The first kappa shape index (κ1) is 12.6. The monoisotopic (exact) mass is 247 g/mol. The first-order valence-electron chi connectivity index (χ1n) is 6.09.